The lowest BCUT2D eigenvalue weighted by atomic mass is 10.1. The van der Waals surface area contributed by atoms with Crippen molar-refractivity contribution in [2.24, 2.45) is 5.73 Å². The van der Waals surface area contributed by atoms with Crippen molar-refractivity contribution in [2.45, 2.75) is 58.6 Å². The van der Waals surface area contributed by atoms with E-state index in [-0.39, 0.29) is 12.1 Å². The van der Waals surface area contributed by atoms with E-state index in [0.717, 1.165) is 25.8 Å². The number of amides is 1. The number of nitrogens with zero attached hydrogens (tertiary/aromatic N) is 1. The van der Waals surface area contributed by atoms with E-state index in [1.165, 1.54) is 0 Å². The summed E-state index contributed by atoms with van der Waals surface area (Å²) >= 11 is 0. The van der Waals surface area contributed by atoms with Gasteiger partial charge in [0.2, 0.25) is 0 Å². The Hall–Kier alpha value is -0.850. The van der Waals surface area contributed by atoms with E-state index in [2.05, 4.69) is 12.2 Å². The number of hydrogen-bond acceptors (Lipinski definition) is 5. The monoisotopic (exact) mass is 317 g/mol. The smallest absolute Gasteiger partial charge is 0.410 e. The second-order valence-corrected chi connectivity index (χ2v) is 6.50. The van der Waals surface area contributed by atoms with Crippen molar-refractivity contribution in [1.82, 2.24) is 10.2 Å². The predicted octanol–water partition coefficient (Wildman–Crippen LogP) is 1.98. The highest BCUT2D eigenvalue weighted by molar-refractivity contribution is 5.68. The molecular formula is C16H35N3O3. The Morgan fingerprint density at radius 1 is 1.32 bits per heavy atom. The number of nitrogens with one attached hydrogen (secondary N) is 1. The van der Waals surface area contributed by atoms with Crippen LogP contribution in [0.1, 0.15) is 47.0 Å². The van der Waals surface area contributed by atoms with Crippen LogP contribution in [0.3, 0.4) is 0 Å². The van der Waals surface area contributed by atoms with Crippen LogP contribution in [-0.4, -0.2) is 62.5 Å². The molecule has 1 amide bonds. The van der Waals surface area contributed by atoms with Crippen LogP contribution in [0.25, 0.3) is 0 Å². The molecule has 0 heterocycles. The molecule has 3 N–H and O–H groups in total. The zero-order chi connectivity index (χ0) is 17.0. The highest BCUT2D eigenvalue weighted by Crippen LogP contribution is 2.10. The van der Waals surface area contributed by atoms with Crippen LogP contribution in [0.15, 0.2) is 0 Å². The Morgan fingerprint density at radius 3 is 2.50 bits per heavy atom. The molecular weight excluding hydrogens is 282 g/mol. The Kier molecular flexibility index (Phi) is 11.2. The molecule has 0 saturated heterocycles. The normalized spacial score (nSPS) is 13.0. The van der Waals surface area contributed by atoms with E-state index in [4.69, 9.17) is 15.2 Å². The molecule has 6 heteroatoms. The third kappa shape index (κ3) is 10.8. The summed E-state index contributed by atoms with van der Waals surface area (Å²) in [6.45, 7) is 11.1. The minimum Gasteiger partial charge on any atom is -0.444 e. The fourth-order valence-corrected chi connectivity index (χ4v) is 2.10. The average Bonchev–Trinajstić information content (AvgIpc) is 2.41. The van der Waals surface area contributed by atoms with Crippen LogP contribution in [0.5, 0.6) is 0 Å². The van der Waals surface area contributed by atoms with Crippen molar-refractivity contribution in [2.75, 3.05) is 39.9 Å². The molecule has 0 aromatic carbocycles. The zero-order valence-corrected chi connectivity index (χ0v) is 15.0. The van der Waals surface area contributed by atoms with Gasteiger partial charge in [0.05, 0.1) is 6.61 Å². The summed E-state index contributed by atoms with van der Waals surface area (Å²) in [6.07, 6.45) is 2.60. The van der Waals surface area contributed by atoms with E-state index in [1.807, 2.05) is 20.8 Å². The van der Waals surface area contributed by atoms with Crippen molar-refractivity contribution in [3.63, 3.8) is 0 Å². The molecule has 0 aliphatic rings. The van der Waals surface area contributed by atoms with Crippen LogP contribution in [0.4, 0.5) is 4.79 Å². The maximum Gasteiger partial charge on any atom is 0.410 e. The molecule has 0 spiro atoms. The van der Waals surface area contributed by atoms with Crippen LogP contribution < -0.4 is 11.1 Å². The molecule has 0 bridgehead atoms. The fourth-order valence-electron chi connectivity index (χ4n) is 2.10. The summed E-state index contributed by atoms with van der Waals surface area (Å²) in [5, 5.41) is 3.43. The number of nitrogens with two attached hydrogens (primary N) is 1. The second-order valence-electron chi connectivity index (χ2n) is 6.50. The van der Waals surface area contributed by atoms with Crippen LogP contribution >= 0.6 is 0 Å². The first-order valence-electron chi connectivity index (χ1n) is 8.24. The van der Waals surface area contributed by atoms with Gasteiger partial charge in [0.15, 0.2) is 0 Å². The van der Waals surface area contributed by atoms with Crippen molar-refractivity contribution in [1.29, 1.82) is 0 Å². The molecule has 0 fully saturated rings. The van der Waals surface area contributed by atoms with Crippen LogP contribution in [0, 0.1) is 0 Å². The third-order valence-electron chi connectivity index (χ3n) is 3.08. The first kappa shape index (κ1) is 21.1. The second kappa shape index (κ2) is 11.7. The van der Waals surface area contributed by atoms with E-state index in [0.29, 0.717) is 26.2 Å². The van der Waals surface area contributed by atoms with Crippen molar-refractivity contribution in [3.05, 3.63) is 0 Å². The van der Waals surface area contributed by atoms with Gasteiger partial charge in [-0.05, 0) is 46.6 Å². The van der Waals surface area contributed by atoms with Crippen LogP contribution in [-0.2, 0) is 9.47 Å². The molecule has 0 aromatic heterocycles. The third-order valence-corrected chi connectivity index (χ3v) is 3.08. The number of carbonyl (C=O) groups is 1. The van der Waals surface area contributed by atoms with Crippen molar-refractivity contribution in [3.8, 4) is 0 Å². The summed E-state index contributed by atoms with van der Waals surface area (Å²) in [5.41, 5.74) is 5.09. The first-order valence-corrected chi connectivity index (χ1v) is 8.24. The number of hydrogen-bond donors (Lipinski definition) is 2. The quantitative estimate of drug-likeness (QED) is 0.609. The topological polar surface area (TPSA) is 76.8 Å². The van der Waals surface area contributed by atoms with E-state index < -0.39 is 5.60 Å². The van der Waals surface area contributed by atoms with Gasteiger partial charge in [-0.25, -0.2) is 4.79 Å². The Morgan fingerprint density at radius 2 is 2.00 bits per heavy atom. The number of rotatable bonds is 11. The Labute approximate surface area is 135 Å². The lowest BCUT2D eigenvalue weighted by Crippen LogP contribution is -2.43. The molecule has 1 atom stereocenters. The van der Waals surface area contributed by atoms with E-state index >= 15 is 0 Å². The lowest BCUT2D eigenvalue weighted by molar-refractivity contribution is 0.0249. The lowest BCUT2D eigenvalue weighted by Gasteiger charge is -2.28. The number of methoxy groups -OCH3 is 1. The molecule has 6 nitrogen and oxygen atoms in total. The molecule has 0 rings (SSSR count). The maximum absolute atomic E-state index is 12.2. The van der Waals surface area contributed by atoms with Gasteiger partial charge >= 0.3 is 6.09 Å². The standard InChI is InChI=1S/C16H35N3O3/c1-6-11-19(15(20)22-16(2,3)4)12-10-18-14(13-21-5)8-7-9-17/h14,18H,6-13,17H2,1-5H3. The van der Waals surface area contributed by atoms with Crippen molar-refractivity contribution >= 4 is 6.09 Å². The summed E-state index contributed by atoms with van der Waals surface area (Å²) in [4.78, 5) is 13.9. The Bertz CT molecular complexity index is 293. The van der Waals surface area contributed by atoms with Gasteiger partial charge in [-0.1, -0.05) is 6.92 Å². The largest absolute Gasteiger partial charge is 0.444 e. The molecule has 132 valence electrons. The molecule has 1 unspecified atom stereocenters. The van der Waals surface area contributed by atoms with E-state index in [1.54, 1.807) is 12.0 Å². The highest BCUT2D eigenvalue weighted by Gasteiger charge is 2.21. The van der Waals surface area contributed by atoms with Gasteiger partial charge in [0.1, 0.15) is 5.60 Å². The number of carbonyl (C=O) groups excluding carboxylic acids is 1. The van der Waals surface area contributed by atoms with Gasteiger partial charge in [-0.3, -0.25) is 0 Å². The number of ether oxygens (including phenoxy) is 2. The predicted molar refractivity (Wildman–Crippen MR) is 90.1 cm³/mol. The fraction of sp³-hybridized carbons (Fsp3) is 0.938. The molecule has 0 aliphatic heterocycles. The highest BCUT2D eigenvalue weighted by atomic mass is 16.6. The minimum atomic E-state index is -0.462. The Balaban J connectivity index is 4.29. The SMILES string of the molecule is CCCN(CCNC(CCCN)COC)C(=O)OC(C)(C)C. The molecule has 22 heavy (non-hydrogen) atoms. The summed E-state index contributed by atoms with van der Waals surface area (Å²) < 4.78 is 10.7. The average molecular weight is 317 g/mol. The molecule has 0 saturated carbocycles. The zero-order valence-electron chi connectivity index (χ0n) is 15.0. The molecule has 0 aromatic rings. The minimum absolute atomic E-state index is 0.249. The van der Waals surface area contributed by atoms with Crippen molar-refractivity contribution < 1.29 is 14.3 Å². The summed E-state index contributed by atoms with van der Waals surface area (Å²) in [5.74, 6) is 0. The van der Waals surface area contributed by atoms with Gasteiger partial charge < -0.3 is 25.4 Å². The molecule has 0 aliphatic carbocycles. The summed E-state index contributed by atoms with van der Waals surface area (Å²) in [6, 6.07) is 0.274. The van der Waals surface area contributed by atoms with Crippen LogP contribution in [0.2, 0.25) is 0 Å². The van der Waals surface area contributed by atoms with Gasteiger partial charge in [-0.2, -0.15) is 0 Å². The first-order chi connectivity index (χ1) is 10.3. The van der Waals surface area contributed by atoms with Gasteiger partial charge in [0.25, 0.3) is 0 Å². The summed E-state index contributed by atoms with van der Waals surface area (Å²) in [7, 11) is 1.70. The maximum atomic E-state index is 12.2. The van der Waals surface area contributed by atoms with E-state index in [9.17, 15) is 4.79 Å². The van der Waals surface area contributed by atoms with Gasteiger partial charge in [-0.15, -0.1) is 0 Å². The van der Waals surface area contributed by atoms with Gasteiger partial charge in [0, 0.05) is 32.8 Å². The molecule has 0 radical (unpaired) electrons.